The summed E-state index contributed by atoms with van der Waals surface area (Å²) < 4.78 is 0. The molecule has 1 fully saturated rings. The van der Waals surface area contributed by atoms with Gasteiger partial charge >= 0.3 is 0 Å². The fourth-order valence-corrected chi connectivity index (χ4v) is 2.72. The summed E-state index contributed by atoms with van der Waals surface area (Å²) in [7, 11) is 0. The summed E-state index contributed by atoms with van der Waals surface area (Å²) in [6.07, 6.45) is 1.89. The molecule has 1 saturated carbocycles. The van der Waals surface area contributed by atoms with Crippen LogP contribution in [0, 0.1) is 10.1 Å². The maximum absolute atomic E-state index is 12.8. The Morgan fingerprint density at radius 3 is 2.48 bits per heavy atom. The molecule has 7 heteroatoms. The molecule has 6 nitrogen and oxygen atoms in total. The largest absolute Gasteiger partial charge is 0.334 e. The van der Waals surface area contributed by atoms with Gasteiger partial charge in [0, 0.05) is 24.7 Å². The van der Waals surface area contributed by atoms with Gasteiger partial charge < -0.3 is 10.6 Å². The van der Waals surface area contributed by atoms with Gasteiger partial charge in [0.05, 0.1) is 4.92 Å². The molecule has 0 radical (unpaired) electrons. The Hall–Kier alpha value is -2.44. The first-order valence-corrected chi connectivity index (χ1v) is 7.90. The highest BCUT2D eigenvalue weighted by Gasteiger charge is 2.35. The first kappa shape index (κ1) is 18.9. The number of carbonyl (C=O) groups is 1. The van der Waals surface area contributed by atoms with Crippen LogP contribution in [-0.4, -0.2) is 21.8 Å². The average molecular weight is 362 g/mol. The van der Waals surface area contributed by atoms with E-state index in [0.29, 0.717) is 6.54 Å². The van der Waals surface area contributed by atoms with Crippen molar-refractivity contribution in [1.82, 2.24) is 4.90 Å². The van der Waals surface area contributed by atoms with Crippen molar-refractivity contribution in [1.29, 1.82) is 0 Å². The molecule has 1 atom stereocenters. The van der Waals surface area contributed by atoms with E-state index in [0.717, 1.165) is 24.0 Å². The lowest BCUT2D eigenvalue weighted by atomic mass is 10.1. The van der Waals surface area contributed by atoms with Crippen LogP contribution in [0.2, 0.25) is 0 Å². The van der Waals surface area contributed by atoms with Crippen molar-refractivity contribution in [2.24, 2.45) is 5.73 Å². The van der Waals surface area contributed by atoms with Gasteiger partial charge in [0.25, 0.3) is 5.69 Å². The molecule has 1 amide bonds. The number of nitro groups is 1. The van der Waals surface area contributed by atoms with Crippen LogP contribution in [0.1, 0.15) is 30.0 Å². The van der Waals surface area contributed by atoms with E-state index in [2.05, 4.69) is 0 Å². The lowest BCUT2D eigenvalue weighted by Gasteiger charge is -2.26. The van der Waals surface area contributed by atoms with E-state index in [4.69, 9.17) is 5.73 Å². The Labute approximate surface area is 152 Å². The molecule has 0 bridgehead atoms. The Kier molecular flexibility index (Phi) is 6.12. The zero-order chi connectivity index (χ0) is 17.1. The second kappa shape index (κ2) is 8.09. The summed E-state index contributed by atoms with van der Waals surface area (Å²) in [5.74, 6) is -0.143. The number of non-ortho nitro benzene ring substituents is 1. The third-order valence-corrected chi connectivity index (χ3v) is 4.17. The van der Waals surface area contributed by atoms with Crippen molar-refractivity contribution in [3.8, 4) is 0 Å². The second-order valence-electron chi connectivity index (χ2n) is 6.01. The normalized spacial score (nSPS) is 14.3. The molecule has 2 aromatic rings. The number of hydrogen-bond donors (Lipinski definition) is 1. The zero-order valence-corrected chi connectivity index (χ0v) is 14.4. The number of nitrogens with zero attached hydrogens (tertiary/aromatic N) is 2. The third kappa shape index (κ3) is 4.55. The van der Waals surface area contributed by atoms with Crippen LogP contribution in [0.4, 0.5) is 5.69 Å². The van der Waals surface area contributed by atoms with Crippen LogP contribution in [0.3, 0.4) is 0 Å². The summed E-state index contributed by atoms with van der Waals surface area (Å²) in [5.41, 5.74) is 7.68. The van der Waals surface area contributed by atoms with Crippen molar-refractivity contribution in [3.63, 3.8) is 0 Å². The Morgan fingerprint density at radius 2 is 1.88 bits per heavy atom. The number of nitrogens with two attached hydrogens (primary N) is 1. The lowest BCUT2D eigenvalue weighted by Crippen LogP contribution is -2.39. The molecular formula is C18H20ClN3O3. The predicted molar refractivity (Wildman–Crippen MR) is 97.3 cm³/mol. The summed E-state index contributed by atoms with van der Waals surface area (Å²) >= 11 is 0. The molecule has 3 rings (SSSR count). The highest BCUT2D eigenvalue weighted by molar-refractivity contribution is 5.85. The Balaban J connectivity index is 0.00000225. The van der Waals surface area contributed by atoms with Crippen LogP contribution < -0.4 is 5.73 Å². The number of carbonyl (C=O) groups excluding carboxylic acids is 1. The highest BCUT2D eigenvalue weighted by atomic mass is 35.5. The minimum absolute atomic E-state index is 0. The van der Waals surface area contributed by atoms with Crippen molar-refractivity contribution < 1.29 is 9.72 Å². The molecule has 0 aromatic heterocycles. The van der Waals surface area contributed by atoms with Crippen molar-refractivity contribution in [2.45, 2.75) is 31.5 Å². The lowest BCUT2D eigenvalue weighted by molar-refractivity contribution is -0.384. The zero-order valence-electron chi connectivity index (χ0n) is 13.6. The maximum Gasteiger partial charge on any atom is 0.269 e. The van der Waals surface area contributed by atoms with Gasteiger partial charge in [-0.3, -0.25) is 14.9 Å². The van der Waals surface area contributed by atoms with Gasteiger partial charge in [-0.25, -0.2) is 0 Å². The van der Waals surface area contributed by atoms with E-state index in [1.54, 1.807) is 17.0 Å². The van der Waals surface area contributed by atoms with E-state index in [-0.39, 0.29) is 30.0 Å². The summed E-state index contributed by atoms with van der Waals surface area (Å²) in [4.78, 5) is 25.1. The third-order valence-electron chi connectivity index (χ3n) is 4.17. The molecule has 25 heavy (non-hydrogen) atoms. The van der Waals surface area contributed by atoms with Crippen molar-refractivity contribution >= 4 is 24.0 Å². The SMILES string of the molecule is Cl.NC(C(=O)N(Cc1cccc([N+](=O)[O-])c1)C1CC1)c1ccccc1. The number of rotatable bonds is 6. The topological polar surface area (TPSA) is 89.5 Å². The maximum atomic E-state index is 12.8. The van der Waals surface area contributed by atoms with E-state index in [1.165, 1.54) is 12.1 Å². The molecule has 0 heterocycles. The van der Waals surface area contributed by atoms with Gasteiger partial charge in [-0.2, -0.15) is 0 Å². The highest BCUT2D eigenvalue weighted by Crippen LogP contribution is 2.31. The van der Waals surface area contributed by atoms with Gasteiger partial charge in [0.2, 0.25) is 5.91 Å². The second-order valence-corrected chi connectivity index (χ2v) is 6.01. The number of halogens is 1. The molecule has 132 valence electrons. The molecule has 2 aromatic carbocycles. The quantitative estimate of drug-likeness (QED) is 0.632. The summed E-state index contributed by atoms with van der Waals surface area (Å²) in [6.45, 7) is 0.339. The fourth-order valence-electron chi connectivity index (χ4n) is 2.72. The Bertz CT molecular complexity index is 750. The number of hydrogen-bond acceptors (Lipinski definition) is 4. The standard InChI is InChI=1S/C18H19N3O3.ClH/c19-17(14-6-2-1-3-7-14)18(22)20(15-9-10-15)12-13-5-4-8-16(11-13)21(23)24;/h1-8,11,15,17H,9-10,12,19H2;1H. The van der Waals surface area contributed by atoms with Gasteiger partial charge in [0.15, 0.2) is 0 Å². The monoisotopic (exact) mass is 361 g/mol. The van der Waals surface area contributed by atoms with Gasteiger partial charge in [-0.15, -0.1) is 12.4 Å². The Morgan fingerprint density at radius 1 is 1.20 bits per heavy atom. The average Bonchev–Trinajstić information content (AvgIpc) is 3.44. The minimum Gasteiger partial charge on any atom is -0.334 e. The molecule has 1 aliphatic carbocycles. The number of amides is 1. The van der Waals surface area contributed by atoms with Crippen LogP contribution in [0.15, 0.2) is 54.6 Å². The van der Waals surface area contributed by atoms with E-state index in [9.17, 15) is 14.9 Å². The first-order chi connectivity index (χ1) is 11.6. The summed E-state index contributed by atoms with van der Waals surface area (Å²) in [6, 6.07) is 15.1. The number of benzene rings is 2. The van der Waals surface area contributed by atoms with Crippen LogP contribution >= 0.6 is 12.4 Å². The van der Waals surface area contributed by atoms with Crippen molar-refractivity contribution in [2.75, 3.05) is 0 Å². The first-order valence-electron chi connectivity index (χ1n) is 7.90. The fraction of sp³-hybridized carbons (Fsp3) is 0.278. The predicted octanol–water partition coefficient (Wildman–Crippen LogP) is 3.21. The van der Waals surface area contributed by atoms with Gasteiger partial charge in [-0.05, 0) is 24.0 Å². The van der Waals surface area contributed by atoms with E-state index < -0.39 is 11.0 Å². The molecule has 1 unspecified atom stereocenters. The molecular weight excluding hydrogens is 342 g/mol. The van der Waals surface area contributed by atoms with Gasteiger partial charge in [0.1, 0.15) is 6.04 Å². The van der Waals surface area contributed by atoms with E-state index in [1.807, 2.05) is 30.3 Å². The molecule has 0 spiro atoms. The van der Waals surface area contributed by atoms with E-state index >= 15 is 0 Å². The molecule has 1 aliphatic rings. The van der Waals surface area contributed by atoms with Crippen LogP contribution in [0.5, 0.6) is 0 Å². The smallest absolute Gasteiger partial charge is 0.269 e. The molecule has 2 N–H and O–H groups in total. The van der Waals surface area contributed by atoms with Crippen molar-refractivity contribution in [3.05, 3.63) is 75.8 Å². The summed E-state index contributed by atoms with van der Waals surface area (Å²) in [5, 5.41) is 10.9. The number of nitro benzene ring substituents is 1. The van der Waals surface area contributed by atoms with Gasteiger partial charge in [-0.1, -0.05) is 42.5 Å². The molecule has 0 saturated heterocycles. The molecule has 0 aliphatic heterocycles. The van der Waals surface area contributed by atoms with Crippen LogP contribution in [-0.2, 0) is 11.3 Å². The minimum atomic E-state index is -0.717. The van der Waals surface area contributed by atoms with Crippen LogP contribution in [0.25, 0.3) is 0 Å².